The van der Waals surface area contributed by atoms with E-state index in [1.807, 2.05) is 13.0 Å². The average Bonchev–Trinajstić information content (AvgIpc) is 3.03. The third-order valence-electron chi connectivity index (χ3n) is 4.38. The first-order valence-electron chi connectivity index (χ1n) is 8.28. The van der Waals surface area contributed by atoms with Crippen molar-refractivity contribution in [1.82, 2.24) is 10.9 Å². The summed E-state index contributed by atoms with van der Waals surface area (Å²) in [5.41, 5.74) is 6.52. The number of amides is 3. The SMILES string of the molecule is Cc1ccc(Cl)cc1N1CC(C(=O)NNC(=O)c2ccccc2Cl)CC1=O. The van der Waals surface area contributed by atoms with Gasteiger partial charge in [-0.15, -0.1) is 0 Å². The zero-order valence-corrected chi connectivity index (χ0v) is 16.0. The van der Waals surface area contributed by atoms with E-state index in [9.17, 15) is 14.4 Å². The second kappa shape index (κ2) is 7.98. The Morgan fingerprint density at radius 2 is 1.85 bits per heavy atom. The van der Waals surface area contributed by atoms with Crippen molar-refractivity contribution in [3.63, 3.8) is 0 Å². The molecule has 1 saturated heterocycles. The largest absolute Gasteiger partial charge is 0.311 e. The molecule has 1 unspecified atom stereocenters. The normalized spacial score (nSPS) is 16.3. The molecule has 27 heavy (non-hydrogen) atoms. The molecule has 0 bridgehead atoms. The van der Waals surface area contributed by atoms with Crippen LogP contribution in [0.5, 0.6) is 0 Å². The molecule has 3 rings (SSSR count). The Kier molecular flexibility index (Phi) is 5.68. The van der Waals surface area contributed by atoms with Crippen molar-refractivity contribution in [1.29, 1.82) is 0 Å². The van der Waals surface area contributed by atoms with E-state index in [0.29, 0.717) is 10.7 Å². The van der Waals surface area contributed by atoms with E-state index in [1.165, 1.54) is 0 Å². The number of halogens is 2. The highest BCUT2D eigenvalue weighted by Gasteiger charge is 2.36. The van der Waals surface area contributed by atoms with Gasteiger partial charge in [0.2, 0.25) is 11.8 Å². The van der Waals surface area contributed by atoms with E-state index in [2.05, 4.69) is 10.9 Å². The molecule has 0 saturated carbocycles. The van der Waals surface area contributed by atoms with Gasteiger partial charge in [-0.1, -0.05) is 41.4 Å². The van der Waals surface area contributed by atoms with Crippen molar-refractivity contribution < 1.29 is 14.4 Å². The molecule has 1 fully saturated rings. The number of carbonyl (C=O) groups is 3. The van der Waals surface area contributed by atoms with Crippen LogP contribution in [-0.4, -0.2) is 24.3 Å². The summed E-state index contributed by atoms with van der Waals surface area (Å²) in [5.74, 6) is -1.72. The summed E-state index contributed by atoms with van der Waals surface area (Å²) in [6.45, 7) is 2.09. The lowest BCUT2D eigenvalue weighted by molar-refractivity contribution is -0.126. The molecule has 0 spiro atoms. The monoisotopic (exact) mass is 405 g/mol. The van der Waals surface area contributed by atoms with Gasteiger partial charge in [-0.05, 0) is 36.8 Å². The minimum atomic E-state index is -0.581. The van der Waals surface area contributed by atoms with Gasteiger partial charge in [0, 0.05) is 23.7 Å². The zero-order valence-electron chi connectivity index (χ0n) is 14.5. The van der Waals surface area contributed by atoms with Gasteiger partial charge in [0.05, 0.1) is 16.5 Å². The van der Waals surface area contributed by atoms with Crippen molar-refractivity contribution in [3.8, 4) is 0 Å². The number of carbonyl (C=O) groups excluding carboxylic acids is 3. The third kappa shape index (κ3) is 4.23. The second-order valence-electron chi connectivity index (χ2n) is 6.26. The molecule has 2 aromatic carbocycles. The molecule has 1 aliphatic heterocycles. The van der Waals surface area contributed by atoms with Crippen LogP contribution in [0.15, 0.2) is 42.5 Å². The predicted octanol–water partition coefficient (Wildman–Crippen LogP) is 3.12. The molecule has 3 amide bonds. The summed E-state index contributed by atoms with van der Waals surface area (Å²) in [4.78, 5) is 38.4. The van der Waals surface area contributed by atoms with Crippen molar-refractivity contribution in [2.24, 2.45) is 5.92 Å². The van der Waals surface area contributed by atoms with E-state index in [-0.39, 0.29) is 29.5 Å². The van der Waals surface area contributed by atoms with Gasteiger partial charge in [0.25, 0.3) is 5.91 Å². The molecule has 0 radical (unpaired) electrons. The van der Waals surface area contributed by atoms with Crippen LogP contribution >= 0.6 is 23.2 Å². The number of hydrazine groups is 1. The molecule has 140 valence electrons. The van der Waals surface area contributed by atoms with Gasteiger partial charge in [0.1, 0.15) is 0 Å². The predicted molar refractivity (Wildman–Crippen MR) is 104 cm³/mol. The Morgan fingerprint density at radius 1 is 1.11 bits per heavy atom. The molecule has 0 aromatic heterocycles. The van der Waals surface area contributed by atoms with Crippen LogP contribution in [0, 0.1) is 12.8 Å². The summed E-state index contributed by atoms with van der Waals surface area (Å²) in [6.07, 6.45) is 0.0553. The summed E-state index contributed by atoms with van der Waals surface area (Å²) < 4.78 is 0. The molecule has 6 nitrogen and oxygen atoms in total. The van der Waals surface area contributed by atoms with Crippen molar-refractivity contribution in [2.75, 3.05) is 11.4 Å². The molecular formula is C19H17Cl2N3O3. The van der Waals surface area contributed by atoms with Crippen molar-refractivity contribution in [3.05, 3.63) is 63.6 Å². The first kappa shape index (κ1) is 19.2. The van der Waals surface area contributed by atoms with Crippen LogP contribution in [0.3, 0.4) is 0 Å². The van der Waals surface area contributed by atoms with Crippen LogP contribution < -0.4 is 15.8 Å². The van der Waals surface area contributed by atoms with Crippen LogP contribution in [0.2, 0.25) is 10.0 Å². The number of nitrogens with zero attached hydrogens (tertiary/aromatic N) is 1. The molecule has 1 atom stereocenters. The van der Waals surface area contributed by atoms with E-state index in [4.69, 9.17) is 23.2 Å². The van der Waals surface area contributed by atoms with Crippen LogP contribution in [0.4, 0.5) is 5.69 Å². The fraction of sp³-hybridized carbons (Fsp3) is 0.211. The summed E-state index contributed by atoms with van der Waals surface area (Å²) in [6, 6.07) is 11.8. The summed E-state index contributed by atoms with van der Waals surface area (Å²) in [7, 11) is 0. The molecule has 2 aromatic rings. The fourth-order valence-corrected chi connectivity index (χ4v) is 3.31. The van der Waals surface area contributed by atoms with Gasteiger partial charge in [-0.25, -0.2) is 0 Å². The van der Waals surface area contributed by atoms with Crippen molar-refractivity contribution >= 4 is 46.6 Å². The minimum Gasteiger partial charge on any atom is -0.311 e. The summed E-state index contributed by atoms with van der Waals surface area (Å²) in [5, 5.41) is 0.797. The molecular weight excluding hydrogens is 389 g/mol. The van der Waals surface area contributed by atoms with Gasteiger partial charge >= 0.3 is 0 Å². The highest BCUT2D eigenvalue weighted by Crippen LogP contribution is 2.30. The molecule has 0 aliphatic carbocycles. The Labute approximate surface area is 166 Å². The van der Waals surface area contributed by atoms with E-state index < -0.39 is 17.7 Å². The zero-order chi connectivity index (χ0) is 19.6. The number of rotatable bonds is 3. The standard InChI is InChI=1S/C19H17Cl2N3O3/c1-11-6-7-13(20)9-16(11)24-10-12(8-17(24)25)18(26)22-23-19(27)14-4-2-3-5-15(14)21/h2-7,9,12H,8,10H2,1H3,(H,22,26)(H,23,27). The lowest BCUT2D eigenvalue weighted by Crippen LogP contribution is -2.45. The Balaban J connectivity index is 1.63. The first-order chi connectivity index (χ1) is 12.9. The first-order valence-corrected chi connectivity index (χ1v) is 9.03. The molecule has 8 heteroatoms. The van der Waals surface area contributed by atoms with E-state index >= 15 is 0 Å². The maximum Gasteiger partial charge on any atom is 0.271 e. The Hall–Kier alpha value is -2.57. The maximum atomic E-state index is 12.4. The number of hydrogen-bond acceptors (Lipinski definition) is 3. The van der Waals surface area contributed by atoms with Gasteiger partial charge in [-0.3, -0.25) is 25.2 Å². The maximum absolute atomic E-state index is 12.4. The molecule has 1 aliphatic rings. The van der Waals surface area contributed by atoms with Crippen molar-refractivity contribution in [2.45, 2.75) is 13.3 Å². The smallest absolute Gasteiger partial charge is 0.271 e. The van der Waals surface area contributed by atoms with E-state index in [0.717, 1.165) is 5.56 Å². The summed E-state index contributed by atoms with van der Waals surface area (Å²) >= 11 is 12.0. The topological polar surface area (TPSA) is 78.5 Å². The number of aryl methyl sites for hydroxylation is 1. The van der Waals surface area contributed by atoms with Gasteiger partial charge in [0.15, 0.2) is 0 Å². The van der Waals surface area contributed by atoms with Crippen LogP contribution in [0.25, 0.3) is 0 Å². The molecule has 1 heterocycles. The highest BCUT2D eigenvalue weighted by atomic mass is 35.5. The Morgan fingerprint density at radius 3 is 2.59 bits per heavy atom. The number of nitrogens with one attached hydrogen (secondary N) is 2. The molecule has 2 N–H and O–H groups in total. The second-order valence-corrected chi connectivity index (χ2v) is 7.10. The minimum absolute atomic E-state index is 0.0553. The third-order valence-corrected chi connectivity index (χ3v) is 4.94. The number of anilines is 1. The fourth-order valence-electron chi connectivity index (χ4n) is 2.92. The van der Waals surface area contributed by atoms with Crippen LogP contribution in [-0.2, 0) is 9.59 Å². The highest BCUT2D eigenvalue weighted by molar-refractivity contribution is 6.33. The lowest BCUT2D eigenvalue weighted by Gasteiger charge is -2.19. The van der Waals surface area contributed by atoms with Gasteiger partial charge in [-0.2, -0.15) is 0 Å². The number of hydrogen-bond donors (Lipinski definition) is 2. The number of benzene rings is 2. The Bertz CT molecular complexity index is 917. The van der Waals surface area contributed by atoms with Crippen LogP contribution in [0.1, 0.15) is 22.3 Å². The quantitative estimate of drug-likeness (QED) is 0.769. The van der Waals surface area contributed by atoms with Gasteiger partial charge < -0.3 is 4.90 Å². The van der Waals surface area contributed by atoms with E-state index in [1.54, 1.807) is 41.3 Å². The average molecular weight is 406 g/mol. The lowest BCUT2D eigenvalue weighted by atomic mass is 10.1.